The molecule has 8 heteroatoms. The molecular weight excluding hydrogens is 392 g/mol. The zero-order valence-corrected chi connectivity index (χ0v) is 17.3. The van der Waals surface area contributed by atoms with Crippen LogP contribution in [0.15, 0.2) is 48.8 Å². The molecule has 1 amide bonds. The predicted molar refractivity (Wildman–Crippen MR) is 116 cm³/mol. The van der Waals surface area contributed by atoms with Gasteiger partial charge in [0.15, 0.2) is 5.82 Å². The molecule has 0 aliphatic carbocycles. The maximum atomic E-state index is 12.5. The quantitative estimate of drug-likeness (QED) is 0.662. The zero-order chi connectivity index (χ0) is 21.8. The first-order valence-electron chi connectivity index (χ1n) is 10.3. The Balaban J connectivity index is 1.44. The molecule has 1 aliphatic rings. The first-order valence-corrected chi connectivity index (χ1v) is 10.3. The molecule has 1 aromatic carbocycles. The standard InChI is InChI=1S/C23H24N6O2/c1-28-10-2-3-17(15-28)12-26-22(30)19-8-9-21(25-13-19)29-23(31)20(14-27-29)18-6-4-16(11-24)5-7-18/h4-9,13-14,17,31H,2-3,10,12,15H2,1H3,(H,26,30). The number of carbonyl (C=O) groups is 1. The van der Waals surface area contributed by atoms with E-state index in [1.807, 2.05) is 0 Å². The van der Waals surface area contributed by atoms with Gasteiger partial charge in [-0.05, 0) is 62.2 Å². The Kier molecular flexibility index (Phi) is 5.96. The van der Waals surface area contributed by atoms with Crippen LogP contribution in [0.4, 0.5) is 0 Å². The molecule has 0 spiro atoms. The van der Waals surface area contributed by atoms with Gasteiger partial charge in [-0.3, -0.25) is 4.79 Å². The predicted octanol–water partition coefficient (Wildman–Crippen LogP) is 2.58. The molecule has 2 aromatic heterocycles. The second-order valence-corrected chi connectivity index (χ2v) is 7.87. The summed E-state index contributed by atoms with van der Waals surface area (Å²) in [6.45, 7) is 2.76. The largest absolute Gasteiger partial charge is 0.493 e. The number of hydrogen-bond acceptors (Lipinski definition) is 6. The molecule has 0 saturated carbocycles. The van der Waals surface area contributed by atoms with Gasteiger partial charge in [0.05, 0.1) is 29.0 Å². The van der Waals surface area contributed by atoms with Gasteiger partial charge in [-0.2, -0.15) is 15.0 Å². The number of aromatic nitrogens is 3. The smallest absolute Gasteiger partial charge is 0.252 e. The van der Waals surface area contributed by atoms with Gasteiger partial charge in [-0.15, -0.1) is 0 Å². The number of piperidine rings is 1. The summed E-state index contributed by atoms with van der Waals surface area (Å²) in [5.74, 6) is 0.658. The van der Waals surface area contributed by atoms with E-state index < -0.39 is 0 Å². The van der Waals surface area contributed by atoms with E-state index in [4.69, 9.17) is 5.26 Å². The van der Waals surface area contributed by atoms with Gasteiger partial charge in [-0.25, -0.2) is 4.98 Å². The maximum Gasteiger partial charge on any atom is 0.252 e. The van der Waals surface area contributed by atoms with E-state index in [-0.39, 0.29) is 11.8 Å². The lowest BCUT2D eigenvalue weighted by atomic mass is 9.98. The molecule has 1 aliphatic heterocycles. The molecule has 158 valence electrons. The van der Waals surface area contributed by atoms with Crippen molar-refractivity contribution >= 4 is 5.91 Å². The van der Waals surface area contributed by atoms with E-state index >= 15 is 0 Å². The number of hydrogen-bond donors (Lipinski definition) is 2. The Labute approximate surface area is 180 Å². The molecule has 31 heavy (non-hydrogen) atoms. The third-order valence-electron chi connectivity index (χ3n) is 5.57. The van der Waals surface area contributed by atoms with Crippen LogP contribution in [0.5, 0.6) is 5.88 Å². The van der Waals surface area contributed by atoms with Crippen LogP contribution in [0.25, 0.3) is 16.9 Å². The van der Waals surface area contributed by atoms with Crippen LogP contribution in [0, 0.1) is 17.2 Å². The summed E-state index contributed by atoms with van der Waals surface area (Å²) in [6, 6.07) is 12.3. The molecule has 0 radical (unpaired) electrons. The number of carbonyl (C=O) groups excluding carboxylic acids is 1. The number of nitrogens with zero attached hydrogens (tertiary/aromatic N) is 5. The SMILES string of the molecule is CN1CCCC(CNC(=O)c2ccc(-n3ncc(-c4ccc(C#N)cc4)c3O)nc2)C1. The molecule has 8 nitrogen and oxygen atoms in total. The maximum absolute atomic E-state index is 12.5. The van der Waals surface area contributed by atoms with Gasteiger partial charge < -0.3 is 15.3 Å². The number of likely N-dealkylation sites (tertiary alicyclic amines) is 1. The lowest BCUT2D eigenvalue weighted by Gasteiger charge is -2.29. The van der Waals surface area contributed by atoms with Crippen molar-refractivity contribution in [1.82, 2.24) is 25.0 Å². The third kappa shape index (κ3) is 4.57. The average molecular weight is 416 g/mol. The van der Waals surface area contributed by atoms with Crippen LogP contribution in [0.2, 0.25) is 0 Å². The summed E-state index contributed by atoms with van der Waals surface area (Å²) < 4.78 is 1.31. The van der Waals surface area contributed by atoms with Crippen LogP contribution in [0.3, 0.4) is 0 Å². The summed E-state index contributed by atoms with van der Waals surface area (Å²) in [6.07, 6.45) is 5.31. The highest BCUT2D eigenvalue weighted by atomic mass is 16.3. The minimum Gasteiger partial charge on any atom is -0.493 e. The number of nitriles is 1. The number of aromatic hydroxyl groups is 1. The lowest BCUT2D eigenvalue weighted by molar-refractivity contribution is 0.0936. The molecule has 1 atom stereocenters. The van der Waals surface area contributed by atoms with Gasteiger partial charge in [-0.1, -0.05) is 12.1 Å². The first-order chi connectivity index (χ1) is 15.0. The van der Waals surface area contributed by atoms with Crippen LogP contribution in [-0.2, 0) is 0 Å². The molecule has 3 aromatic rings. The summed E-state index contributed by atoms with van der Waals surface area (Å²) in [5, 5.41) is 26.7. The Morgan fingerprint density at radius 1 is 1.26 bits per heavy atom. The lowest BCUT2D eigenvalue weighted by Crippen LogP contribution is -2.39. The molecule has 0 bridgehead atoms. The molecule has 1 unspecified atom stereocenters. The number of amides is 1. The summed E-state index contributed by atoms with van der Waals surface area (Å²) in [4.78, 5) is 19.1. The Bertz CT molecular complexity index is 1100. The van der Waals surface area contributed by atoms with Crippen molar-refractivity contribution in [3.8, 4) is 28.9 Å². The third-order valence-corrected chi connectivity index (χ3v) is 5.57. The Hall–Kier alpha value is -3.70. The number of rotatable bonds is 5. The second kappa shape index (κ2) is 8.98. The number of pyridine rings is 1. The zero-order valence-electron chi connectivity index (χ0n) is 17.3. The molecule has 4 rings (SSSR count). The van der Waals surface area contributed by atoms with Crippen molar-refractivity contribution < 1.29 is 9.90 Å². The van der Waals surface area contributed by atoms with E-state index in [2.05, 4.69) is 33.4 Å². The Morgan fingerprint density at radius 2 is 2.06 bits per heavy atom. The van der Waals surface area contributed by atoms with E-state index in [1.165, 1.54) is 10.9 Å². The molecule has 1 fully saturated rings. The summed E-state index contributed by atoms with van der Waals surface area (Å²) >= 11 is 0. The highest BCUT2D eigenvalue weighted by Gasteiger charge is 2.19. The number of nitrogens with one attached hydrogen (secondary N) is 1. The minimum absolute atomic E-state index is 0.0594. The van der Waals surface area contributed by atoms with Crippen LogP contribution in [-0.4, -0.2) is 57.4 Å². The van der Waals surface area contributed by atoms with E-state index in [1.54, 1.807) is 42.6 Å². The second-order valence-electron chi connectivity index (χ2n) is 7.87. The number of benzene rings is 1. The molecule has 1 saturated heterocycles. The van der Waals surface area contributed by atoms with Crippen molar-refractivity contribution in [3.63, 3.8) is 0 Å². The fraction of sp³-hybridized carbons (Fsp3) is 0.304. The van der Waals surface area contributed by atoms with E-state index in [0.717, 1.165) is 31.5 Å². The van der Waals surface area contributed by atoms with Crippen molar-refractivity contribution in [2.75, 3.05) is 26.7 Å². The van der Waals surface area contributed by atoms with Crippen molar-refractivity contribution in [3.05, 3.63) is 59.9 Å². The van der Waals surface area contributed by atoms with Gasteiger partial charge >= 0.3 is 0 Å². The van der Waals surface area contributed by atoms with Crippen molar-refractivity contribution in [1.29, 1.82) is 5.26 Å². The van der Waals surface area contributed by atoms with Gasteiger partial charge in [0.25, 0.3) is 5.91 Å². The van der Waals surface area contributed by atoms with Crippen molar-refractivity contribution in [2.24, 2.45) is 5.92 Å². The molecule has 2 N–H and O–H groups in total. The fourth-order valence-electron chi connectivity index (χ4n) is 3.86. The monoisotopic (exact) mass is 416 g/mol. The normalized spacial score (nSPS) is 16.6. The van der Waals surface area contributed by atoms with Gasteiger partial charge in [0.2, 0.25) is 5.88 Å². The first kappa shape index (κ1) is 20.6. The Morgan fingerprint density at radius 3 is 2.74 bits per heavy atom. The minimum atomic E-state index is -0.157. The van der Waals surface area contributed by atoms with Crippen LogP contribution < -0.4 is 5.32 Å². The van der Waals surface area contributed by atoms with Crippen LogP contribution in [0.1, 0.15) is 28.8 Å². The summed E-state index contributed by atoms with van der Waals surface area (Å²) in [5.41, 5.74) is 2.28. The topological polar surface area (TPSA) is 107 Å². The summed E-state index contributed by atoms with van der Waals surface area (Å²) in [7, 11) is 2.11. The molecular formula is C23H24N6O2. The fourth-order valence-corrected chi connectivity index (χ4v) is 3.86. The molecule has 3 heterocycles. The van der Waals surface area contributed by atoms with Gasteiger partial charge in [0, 0.05) is 19.3 Å². The average Bonchev–Trinajstić information content (AvgIpc) is 3.19. The van der Waals surface area contributed by atoms with Crippen molar-refractivity contribution in [2.45, 2.75) is 12.8 Å². The highest BCUT2D eigenvalue weighted by Crippen LogP contribution is 2.30. The van der Waals surface area contributed by atoms with E-state index in [0.29, 0.717) is 35.0 Å². The van der Waals surface area contributed by atoms with E-state index in [9.17, 15) is 9.90 Å². The highest BCUT2D eigenvalue weighted by molar-refractivity contribution is 5.93. The van der Waals surface area contributed by atoms with Crippen LogP contribution >= 0.6 is 0 Å². The van der Waals surface area contributed by atoms with Gasteiger partial charge in [0.1, 0.15) is 0 Å².